The molecule has 3 heteroatoms. The van der Waals surface area contributed by atoms with Crippen molar-refractivity contribution in [1.29, 1.82) is 0 Å². The summed E-state index contributed by atoms with van der Waals surface area (Å²) < 4.78 is 5.25. The minimum Gasteiger partial charge on any atom is -0.497 e. The Morgan fingerprint density at radius 3 is 2.67 bits per heavy atom. The van der Waals surface area contributed by atoms with E-state index in [1.54, 1.807) is 7.11 Å². The molecule has 1 aliphatic rings. The van der Waals surface area contributed by atoms with Gasteiger partial charge >= 0.3 is 0 Å². The molecule has 0 radical (unpaired) electrons. The standard InChI is InChI=1S/C18H20ClNO/c1-12-4-3-5-13(8-12)14-9-15(10-14)20-18-11-16(21-2)6-7-17(18)19/h3-8,11,14-15,20H,9-10H2,1-2H3. The van der Waals surface area contributed by atoms with Crippen LogP contribution in [0, 0.1) is 6.92 Å². The Morgan fingerprint density at radius 2 is 1.95 bits per heavy atom. The van der Waals surface area contributed by atoms with E-state index in [4.69, 9.17) is 16.3 Å². The molecule has 1 N–H and O–H groups in total. The van der Waals surface area contributed by atoms with Crippen LogP contribution in [0.5, 0.6) is 5.75 Å². The van der Waals surface area contributed by atoms with Crippen LogP contribution in [0.2, 0.25) is 5.02 Å². The van der Waals surface area contributed by atoms with Gasteiger partial charge in [0.25, 0.3) is 0 Å². The first-order valence-electron chi connectivity index (χ1n) is 7.32. The van der Waals surface area contributed by atoms with Crippen LogP contribution in [0.25, 0.3) is 0 Å². The van der Waals surface area contributed by atoms with Gasteiger partial charge in [-0.2, -0.15) is 0 Å². The molecule has 0 saturated heterocycles. The van der Waals surface area contributed by atoms with Crippen LogP contribution < -0.4 is 10.1 Å². The maximum Gasteiger partial charge on any atom is 0.121 e. The normalized spacial score (nSPS) is 20.7. The van der Waals surface area contributed by atoms with Crippen LogP contribution in [0.1, 0.15) is 29.9 Å². The fourth-order valence-electron chi connectivity index (χ4n) is 2.89. The topological polar surface area (TPSA) is 21.3 Å². The molecule has 3 rings (SSSR count). The van der Waals surface area contributed by atoms with Crippen LogP contribution >= 0.6 is 11.6 Å². The van der Waals surface area contributed by atoms with Crippen molar-refractivity contribution in [3.8, 4) is 5.75 Å². The molecule has 21 heavy (non-hydrogen) atoms. The minimum atomic E-state index is 0.486. The van der Waals surface area contributed by atoms with Gasteiger partial charge in [0.1, 0.15) is 5.75 Å². The first-order chi connectivity index (χ1) is 10.2. The van der Waals surface area contributed by atoms with Crippen molar-refractivity contribution < 1.29 is 4.74 Å². The summed E-state index contributed by atoms with van der Waals surface area (Å²) >= 11 is 6.23. The highest BCUT2D eigenvalue weighted by atomic mass is 35.5. The average Bonchev–Trinajstić information content (AvgIpc) is 2.44. The van der Waals surface area contributed by atoms with Crippen LogP contribution in [-0.4, -0.2) is 13.2 Å². The van der Waals surface area contributed by atoms with Gasteiger partial charge in [-0.15, -0.1) is 0 Å². The second-order valence-corrected chi connectivity index (χ2v) is 6.18. The largest absolute Gasteiger partial charge is 0.497 e. The van der Waals surface area contributed by atoms with Gasteiger partial charge in [-0.25, -0.2) is 0 Å². The van der Waals surface area contributed by atoms with Gasteiger partial charge in [0.15, 0.2) is 0 Å². The third-order valence-corrected chi connectivity index (χ3v) is 4.51. The molecular formula is C18H20ClNO. The zero-order valence-electron chi connectivity index (χ0n) is 12.4. The van der Waals surface area contributed by atoms with E-state index in [2.05, 4.69) is 36.5 Å². The number of benzene rings is 2. The van der Waals surface area contributed by atoms with E-state index in [1.807, 2.05) is 18.2 Å². The molecule has 0 spiro atoms. The summed E-state index contributed by atoms with van der Waals surface area (Å²) in [5.74, 6) is 1.49. The number of halogens is 1. The Morgan fingerprint density at radius 1 is 1.14 bits per heavy atom. The van der Waals surface area contributed by atoms with E-state index in [0.717, 1.165) is 29.3 Å². The number of anilines is 1. The highest BCUT2D eigenvalue weighted by Crippen LogP contribution is 2.40. The Hall–Kier alpha value is -1.67. The SMILES string of the molecule is COc1ccc(Cl)c(NC2CC(c3cccc(C)c3)C2)c1. The number of hydrogen-bond donors (Lipinski definition) is 1. The molecule has 0 bridgehead atoms. The maximum atomic E-state index is 6.23. The number of methoxy groups -OCH3 is 1. The summed E-state index contributed by atoms with van der Waals surface area (Å²) in [5.41, 5.74) is 3.74. The summed E-state index contributed by atoms with van der Waals surface area (Å²) in [4.78, 5) is 0. The van der Waals surface area contributed by atoms with E-state index in [-0.39, 0.29) is 0 Å². The predicted molar refractivity (Wildman–Crippen MR) is 88.6 cm³/mol. The van der Waals surface area contributed by atoms with Gasteiger partial charge in [0.2, 0.25) is 0 Å². The number of nitrogens with one attached hydrogen (secondary N) is 1. The number of hydrogen-bond acceptors (Lipinski definition) is 2. The Labute approximate surface area is 131 Å². The summed E-state index contributed by atoms with van der Waals surface area (Å²) in [7, 11) is 1.67. The first-order valence-corrected chi connectivity index (χ1v) is 7.70. The molecule has 1 fully saturated rings. The average molecular weight is 302 g/mol. The van der Waals surface area contributed by atoms with E-state index in [1.165, 1.54) is 11.1 Å². The molecule has 0 heterocycles. The van der Waals surface area contributed by atoms with Crippen LogP contribution in [0.4, 0.5) is 5.69 Å². The van der Waals surface area contributed by atoms with Crippen molar-refractivity contribution in [2.45, 2.75) is 31.7 Å². The second-order valence-electron chi connectivity index (χ2n) is 5.77. The predicted octanol–water partition coefficient (Wildman–Crippen LogP) is 5.02. The molecule has 0 aliphatic heterocycles. The quantitative estimate of drug-likeness (QED) is 0.856. The van der Waals surface area contributed by atoms with Crippen molar-refractivity contribution in [3.63, 3.8) is 0 Å². The maximum absolute atomic E-state index is 6.23. The van der Waals surface area contributed by atoms with E-state index in [0.29, 0.717) is 12.0 Å². The lowest BCUT2D eigenvalue weighted by Crippen LogP contribution is -2.34. The Kier molecular flexibility index (Phi) is 4.07. The number of ether oxygens (including phenoxy) is 1. The fraction of sp³-hybridized carbons (Fsp3) is 0.333. The lowest BCUT2D eigenvalue weighted by atomic mass is 9.75. The first kappa shape index (κ1) is 14.3. The van der Waals surface area contributed by atoms with Gasteiger partial charge in [-0.3, -0.25) is 0 Å². The van der Waals surface area contributed by atoms with Crippen molar-refractivity contribution in [1.82, 2.24) is 0 Å². The molecule has 0 atom stereocenters. The van der Waals surface area contributed by atoms with Crippen molar-refractivity contribution in [2.24, 2.45) is 0 Å². The molecule has 1 saturated carbocycles. The smallest absolute Gasteiger partial charge is 0.121 e. The molecule has 2 nitrogen and oxygen atoms in total. The van der Waals surface area contributed by atoms with Gasteiger partial charge in [0.05, 0.1) is 17.8 Å². The molecule has 0 unspecified atom stereocenters. The molecular weight excluding hydrogens is 282 g/mol. The van der Waals surface area contributed by atoms with Crippen molar-refractivity contribution >= 4 is 17.3 Å². The van der Waals surface area contributed by atoms with Crippen molar-refractivity contribution in [3.05, 3.63) is 58.6 Å². The van der Waals surface area contributed by atoms with Gasteiger partial charge in [-0.1, -0.05) is 41.4 Å². The zero-order valence-corrected chi connectivity index (χ0v) is 13.2. The summed E-state index contributed by atoms with van der Waals surface area (Å²) in [6.07, 6.45) is 2.30. The van der Waals surface area contributed by atoms with E-state index < -0.39 is 0 Å². The third-order valence-electron chi connectivity index (χ3n) is 4.18. The second kappa shape index (κ2) is 5.98. The van der Waals surface area contributed by atoms with Gasteiger partial charge in [-0.05, 0) is 43.4 Å². The number of aryl methyl sites for hydroxylation is 1. The lowest BCUT2D eigenvalue weighted by Gasteiger charge is -2.37. The molecule has 0 amide bonds. The lowest BCUT2D eigenvalue weighted by molar-refractivity contribution is 0.373. The van der Waals surface area contributed by atoms with Crippen LogP contribution in [0.15, 0.2) is 42.5 Å². The van der Waals surface area contributed by atoms with Crippen LogP contribution in [0.3, 0.4) is 0 Å². The summed E-state index contributed by atoms with van der Waals surface area (Å²) in [6.45, 7) is 2.15. The Balaban J connectivity index is 1.62. The molecule has 2 aromatic rings. The molecule has 110 valence electrons. The number of rotatable bonds is 4. The van der Waals surface area contributed by atoms with Crippen molar-refractivity contribution in [2.75, 3.05) is 12.4 Å². The monoisotopic (exact) mass is 301 g/mol. The summed E-state index contributed by atoms with van der Waals surface area (Å²) in [5, 5.41) is 4.27. The third kappa shape index (κ3) is 3.16. The van der Waals surface area contributed by atoms with Gasteiger partial charge < -0.3 is 10.1 Å². The molecule has 1 aliphatic carbocycles. The zero-order chi connectivity index (χ0) is 14.8. The van der Waals surface area contributed by atoms with E-state index in [9.17, 15) is 0 Å². The summed E-state index contributed by atoms with van der Waals surface area (Å²) in [6, 6.07) is 15.0. The molecule has 2 aromatic carbocycles. The Bertz CT molecular complexity index is 635. The minimum absolute atomic E-state index is 0.486. The van der Waals surface area contributed by atoms with Gasteiger partial charge in [0, 0.05) is 12.1 Å². The molecule has 0 aromatic heterocycles. The fourth-order valence-corrected chi connectivity index (χ4v) is 3.07. The van der Waals surface area contributed by atoms with Crippen LogP contribution in [-0.2, 0) is 0 Å². The highest BCUT2D eigenvalue weighted by molar-refractivity contribution is 6.33. The van der Waals surface area contributed by atoms with E-state index >= 15 is 0 Å². The highest BCUT2D eigenvalue weighted by Gasteiger charge is 2.30.